The van der Waals surface area contributed by atoms with Crippen molar-refractivity contribution in [3.8, 4) is 0 Å². The number of rotatable bonds is 7. The molecule has 5 nitrogen and oxygen atoms in total. The minimum Gasteiger partial charge on any atom is -0.395 e. The Morgan fingerprint density at radius 1 is 0.952 bits per heavy atom. The van der Waals surface area contributed by atoms with Gasteiger partial charge >= 0.3 is 0 Å². The molecule has 0 atom stereocenters. The number of hydrogen-bond donors (Lipinski definition) is 2. The van der Waals surface area contributed by atoms with E-state index in [1.54, 1.807) is 6.20 Å². The Balaban J connectivity index is 2.06. The van der Waals surface area contributed by atoms with E-state index in [1.165, 1.54) is 6.33 Å². The molecule has 21 heavy (non-hydrogen) atoms. The van der Waals surface area contributed by atoms with Crippen LogP contribution in [0.3, 0.4) is 0 Å². The number of nitrogens with zero attached hydrogens (tertiary/aromatic N) is 3. The molecule has 0 radical (unpaired) electrons. The summed E-state index contributed by atoms with van der Waals surface area (Å²) >= 11 is 0. The number of aliphatic hydroxyl groups is 2. The van der Waals surface area contributed by atoms with Crippen molar-refractivity contribution >= 4 is 17.8 Å². The van der Waals surface area contributed by atoms with Crippen molar-refractivity contribution < 1.29 is 10.2 Å². The van der Waals surface area contributed by atoms with Crippen LogP contribution in [0.4, 0.5) is 5.69 Å². The third kappa shape index (κ3) is 4.66. The van der Waals surface area contributed by atoms with Crippen molar-refractivity contribution in [2.24, 2.45) is 0 Å². The fourth-order valence-electron chi connectivity index (χ4n) is 1.99. The average molecular weight is 285 g/mol. The number of aliphatic hydroxyl groups excluding tert-OH is 2. The molecular formula is C16H19N3O2. The van der Waals surface area contributed by atoms with Crippen molar-refractivity contribution in [2.75, 3.05) is 31.2 Å². The summed E-state index contributed by atoms with van der Waals surface area (Å²) in [5, 5.41) is 18.1. The first-order valence-electron chi connectivity index (χ1n) is 6.84. The van der Waals surface area contributed by atoms with E-state index in [2.05, 4.69) is 9.97 Å². The van der Waals surface area contributed by atoms with E-state index in [1.807, 2.05) is 47.4 Å². The Kier molecular flexibility index (Phi) is 5.87. The summed E-state index contributed by atoms with van der Waals surface area (Å²) in [6.07, 6.45) is 7.13. The van der Waals surface area contributed by atoms with Crippen molar-refractivity contribution in [1.29, 1.82) is 0 Å². The highest BCUT2D eigenvalue weighted by atomic mass is 16.3. The topological polar surface area (TPSA) is 69.5 Å². The molecular weight excluding hydrogens is 266 g/mol. The molecule has 0 bridgehead atoms. The lowest BCUT2D eigenvalue weighted by Crippen LogP contribution is -2.29. The van der Waals surface area contributed by atoms with E-state index in [0.29, 0.717) is 13.1 Å². The molecule has 2 aromatic rings. The lowest BCUT2D eigenvalue weighted by molar-refractivity contribution is 0.281. The smallest absolute Gasteiger partial charge is 0.115 e. The minimum absolute atomic E-state index is 0.0648. The number of hydrogen-bond acceptors (Lipinski definition) is 5. The second kappa shape index (κ2) is 8.14. The first-order chi connectivity index (χ1) is 10.3. The summed E-state index contributed by atoms with van der Waals surface area (Å²) < 4.78 is 0. The zero-order valence-electron chi connectivity index (χ0n) is 11.8. The van der Waals surface area contributed by atoms with Gasteiger partial charge < -0.3 is 15.1 Å². The van der Waals surface area contributed by atoms with Crippen molar-refractivity contribution in [3.63, 3.8) is 0 Å². The third-order valence-corrected chi connectivity index (χ3v) is 3.05. The predicted octanol–water partition coefficient (Wildman–Crippen LogP) is 1.44. The van der Waals surface area contributed by atoms with Gasteiger partial charge in [-0.15, -0.1) is 0 Å². The standard InChI is InChI=1S/C16H19N3O2/c20-11-9-19(10-12-21)16-5-2-14(3-6-16)1-4-15-7-8-17-13-18-15/h1-8,13,20-21H,9-12H2. The molecule has 110 valence electrons. The van der Waals surface area contributed by atoms with Crippen LogP contribution in [-0.4, -0.2) is 46.5 Å². The van der Waals surface area contributed by atoms with E-state index in [9.17, 15) is 0 Å². The average Bonchev–Trinajstić information content (AvgIpc) is 2.54. The van der Waals surface area contributed by atoms with Crippen molar-refractivity contribution in [3.05, 3.63) is 54.1 Å². The fraction of sp³-hybridized carbons (Fsp3) is 0.250. The lowest BCUT2D eigenvalue weighted by Gasteiger charge is -2.22. The maximum absolute atomic E-state index is 9.04. The Labute approximate surface area is 124 Å². The molecule has 0 spiro atoms. The second-order valence-corrected chi connectivity index (χ2v) is 4.49. The maximum Gasteiger partial charge on any atom is 0.115 e. The van der Waals surface area contributed by atoms with E-state index >= 15 is 0 Å². The van der Waals surface area contributed by atoms with Crippen LogP contribution >= 0.6 is 0 Å². The van der Waals surface area contributed by atoms with E-state index in [-0.39, 0.29) is 13.2 Å². The largest absolute Gasteiger partial charge is 0.395 e. The first kappa shape index (κ1) is 15.2. The summed E-state index contributed by atoms with van der Waals surface area (Å²) in [6.45, 7) is 1.15. The second-order valence-electron chi connectivity index (χ2n) is 4.49. The van der Waals surface area contributed by atoms with Gasteiger partial charge in [0, 0.05) is 25.0 Å². The Bertz CT molecular complexity index is 549. The number of aromatic nitrogens is 2. The van der Waals surface area contributed by atoms with Crippen molar-refractivity contribution in [2.45, 2.75) is 0 Å². The first-order valence-corrected chi connectivity index (χ1v) is 6.84. The summed E-state index contributed by atoms with van der Waals surface area (Å²) in [6, 6.07) is 9.79. The summed E-state index contributed by atoms with van der Waals surface area (Å²) in [5.41, 5.74) is 2.90. The van der Waals surface area contributed by atoms with E-state index < -0.39 is 0 Å². The van der Waals surface area contributed by atoms with Crippen LogP contribution in [0, 0.1) is 0 Å². The number of benzene rings is 1. The fourth-order valence-corrected chi connectivity index (χ4v) is 1.99. The molecule has 0 saturated carbocycles. The third-order valence-electron chi connectivity index (χ3n) is 3.05. The molecule has 0 unspecified atom stereocenters. The highest BCUT2D eigenvalue weighted by Crippen LogP contribution is 2.16. The van der Waals surface area contributed by atoms with Gasteiger partial charge in [0.05, 0.1) is 18.9 Å². The zero-order chi connectivity index (χ0) is 14.9. The zero-order valence-corrected chi connectivity index (χ0v) is 11.8. The van der Waals surface area contributed by atoms with E-state index in [4.69, 9.17) is 10.2 Å². The van der Waals surface area contributed by atoms with Gasteiger partial charge in [-0.25, -0.2) is 9.97 Å². The lowest BCUT2D eigenvalue weighted by atomic mass is 10.1. The predicted molar refractivity (Wildman–Crippen MR) is 83.8 cm³/mol. The van der Waals surface area contributed by atoms with Gasteiger partial charge in [-0.2, -0.15) is 0 Å². The Hall–Kier alpha value is -2.24. The van der Waals surface area contributed by atoms with Crippen LogP contribution in [0.25, 0.3) is 12.2 Å². The van der Waals surface area contributed by atoms with Crippen LogP contribution in [0.2, 0.25) is 0 Å². The van der Waals surface area contributed by atoms with Crippen LogP contribution in [-0.2, 0) is 0 Å². The maximum atomic E-state index is 9.04. The molecule has 0 saturated heterocycles. The molecule has 0 fully saturated rings. The van der Waals surface area contributed by atoms with Gasteiger partial charge in [-0.3, -0.25) is 0 Å². The van der Waals surface area contributed by atoms with Gasteiger partial charge in [0.2, 0.25) is 0 Å². The number of anilines is 1. The monoisotopic (exact) mass is 285 g/mol. The van der Waals surface area contributed by atoms with Crippen LogP contribution in [0.1, 0.15) is 11.3 Å². The minimum atomic E-state index is 0.0648. The molecule has 0 amide bonds. The van der Waals surface area contributed by atoms with Gasteiger partial charge in [-0.05, 0) is 29.8 Å². The van der Waals surface area contributed by atoms with Gasteiger partial charge in [0.15, 0.2) is 0 Å². The molecule has 0 aliphatic heterocycles. The van der Waals surface area contributed by atoms with Crippen LogP contribution in [0.15, 0.2) is 42.9 Å². The van der Waals surface area contributed by atoms with E-state index in [0.717, 1.165) is 16.9 Å². The molecule has 0 aliphatic carbocycles. The van der Waals surface area contributed by atoms with Crippen LogP contribution in [0.5, 0.6) is 0 Å². The Morgan fingerprint density at radius 3 is 2.24 bits per heavy atom. The summed E-state index contributed by atoms with van der Waals surface area (Å²) in [7, 11) is 0. The highest BCUT2D eigenvalue weighted by molar-refractivity contribution is 5.68. The molecule has 2 N–H and O–H groups in total. The normalized spacial score (nSPS) is 11.0. The van der Waals surface area contributed by atoms with Gasteiger partial charge in [0.25, 0.3) is 0 Å². The molecule has 1 aromatic carbocycles. The quantitative estimate of drug-likeness (QED) is 0.805. The van der Waals surface area contributed by atoms with Crippen LogP contribution < -0.4 is 4.90 Å². The van der Waals surface area contributed by atoms with Gasteiger partial charge in [-0.1, -0.05) is 18.2 Å². The SMILES string of the molecule is OCCN(CCO)c1ccc(C=Cc2ccncn2)cc1. The molecule has 2 rings (SSSR count). The molecule has 0 aliphatic rings. The Morgan fingerprint density at radius 2 is 1.67 bits per heavy atom. The molecule has 1 aromatic heterocycles. The molecule has 1 heterocycles. The molecule has 5 heteroatoms. The van der Waals surface area contributed by atoms with Crippen molar-refractivity contribution in [1.82, 2.24) is 9.97 Å². The highest BCUT2D eigenvalue weighted by Gasteiger charge is 2.04. The summed E-state index contributed by atoms with van der Waals surface area (Å²) in [5.74, 6) is 0. The summed E-state index contributed by atoms with van der Waals surface area (Å²) in [4.78, 5) is 9.94. The van der Waals surface area contributed by atoms with Gasteiger partial charge in [0.1, 0.15) is 6.33 Å².